The van der Waals surface area contributed by atoms with Gasteiger partial charge < -0.3 is 10.6 Å². The van der Waals surface area contributed by atoms with Crippen LogP contribution in [0.2, 0.25) is 0 Å². The molecule has 0 aliphatic heterocycles. The summed E-state index contributed by atoms with van der Waals surface area (Å²) >= 11 is 1.75. The molecule has 2 aromatic heterocycles. The van der Waals surface area contributed by atoms with Crippen molar-refractivity contribution in [1.29, 1.82) is 0 Å². The van der Waals surface area contributed by atoms with Crippen LogP contribution in [0.1, 0.15) is 49.4 Å². The van der Waals surface area contributed by atoms with Gasteiger partial charge in [0.25, 0.3) is 0 Å². The number of aromatic nitrogens is 2. The monoisotopic (exact) mass is 345 g/mol. The molecule has 6 heteroatoms. The molecule has 0 spiro atoms. The lowest BCUT2D eigenvalue weighted by atomic mass is 9.94. The first kappa shape index (κ1) is 17.0. The van der Waals surface area contributed by atoms with E-state index in [4.69, 9.17) is 10.1 Å². The number of aliphatic imine (C=N–C) groups is 1. The van der Waals surface area contributed by atoms with Crippen molar-refractivity contribution in [3.8, 4) is 0 Å². The molecule has 2 N–H and O–H groups in total. The standard InChI is InChI=1S/C18H27N5S/c1-4-19-18(20-11-16-6-5-9-24-16)21-15-8-7-14-12-23(13(2)3)22-17(14)10-15/h5-6,9,12-13,15H,4,7-8,10-11H2,1-3H3,(H2,19,20,21). The van der Waals surface area contributed by atoms with Crippen molar-refractivity contribution in [3.05, 3.63) is 39.8 Å². The Kier molecular flexibility index (Phi) is 5.56. The zero-order valence-corrected chi connectivity index (χ0v) is 15.6. The second-order valence-electron chi connectivity index (χ2n) is 6.53. The lowest BCUT2D eigenvalue weighted by Gasteiger charge is -2.24. The van der Waals surface area contributed by atoms with E-state index >= 15 is 0 Å². The molecule has 0 saturated carbocycles. The Bertz CT molecular complexity index is 672. The van der Waals surface area contributed by atoms with E-state index in [9.17, 15) is 0 Å². The van der Waals surface area contributed by atoms with Crippen LogP contribution in [0.15, 0.2) is 28.7 Å². The summed E-state index contributed by atoms with van der Waals surface area (Å²) in [6.45, 7) is 8.05. The number of nitrogens with one attached hydrogen (secondary N) is 2. The zero-order chi connectivity index (χ0) is 16.9. The fraction of sp³-hybridized carbons (Fsp3) is 0.556. The van der Waals surface area contributed by atoms with Crippen LogP contribution >= 0.6 is 11.3 Å². The maximum atomic E-state index is 4.76. The van der Waals surface area contributed by atoms with E-state index in [0.717, 1.165) is 38.3 Å². The Morgan fingerprint density at radius 2 is 2.38 bits per heavy atom. The van der Waals surface area contributed by atoms with E-state index in [1.807, 2.05) is 0 Å². The molecule has 0 amide bonds. The number of hydrogen-bond acceptors (Lipinski definition) is 3. The van der Waals surface area contributed by atoms with Crippen molar-refractivity contribution in [2.75, 3.05) is 6.54 Å². The fourth-order valence-corrected chi connectivity index (χ4v) is 3.60. The summed E-state index contributed by atoms with van der Waals surface area (Å²) in [4.78, 5) is 6.00. The molecule has 3 rings (SSSR count). The molecule has 1 aliphatic rings. The third-order valence-electron chi connectivity index (χ3n) is 4.28. The topological polar surface area (TPSA) is 54.2 Å². The number of guanidine groups is 1. The maximum Gasteiger partial charge on any atom is 0.191 e. The highest BCUT2D eigenvalue weighted by atomic mass is 32.1. The highest BCUT2D eigenvalue weighted by molar-refractivity contribution is 7.09. The molecule has 1 aliphatic carbocycles. The summed E-state index contributed by atoms with van der Waals surface area (Å²) in [5, 5.41) is 13.8. The van der Waals surface area contributed by atoms with Gasteiger partial charge in [-0.2, -0.15) is 5.10 Å². The first-order chi connectivity index (χ1) is 11.7. The Hall–Kier alpha value is -1.82. The van der Waals surface area contributed by atoms with Crippen LogP contribution in [-0.4, -0.2) is 28.3 Å². The van der Waals surface area contributed by atoms with Crippen LogP contribution in [0.25, 0.3) is 0 Å². The van der Waals surface area contributed by atoms with Crippen molar-refractivity contribution >= 4 is 17.3 Å². The highest BCUT2D eigenvalue weighted by Crippen LogP contribution is 2.21. The second kappa shape index (κ2) is 7.83. The summed E-state index contributed by atoms with van der Waals surface area (Å²) in [6.07, 6.45) is 5.40. The van der Waals surface area contributed by atoms with Gasteiger partial charge in [0, 0.05) is 36.1 Å². The molecule has 0 aromatic carbocycles. The first-order valence-corrected chi connectivity index (χ1v) is 9.67. The summed E-state index contributed by atoms with van der Waals surface area (Å²) in [6, 6.07) is 5.02. The molecule has 0 saturated heterocycles. The third-order valence-corrected chi connectivity index (χ3v) is 5.15. The number of thiophene rings is 1. The zero-order valence-electron chi connectivity index (χ0n) is 14.7. The van der Waals surface area contributed by atoms with Gasteiger partial charge in [-0.15, -0.1) is 11.3 Å². The van der Waals surface area contributed by atoms with E-state index in [0.29, 0.717) is 12.1 Å². The smallest absolute Gasteiger partial charge is 0.191 e. The average Bonchev–Trinajstić information content (AvgIpc) is 3.21. The predicted octanol–water partition coefficient (Wildman–Crippen LogP) is 3.14. The number of aryl methyl sites for hydroxylation is 1. The Morgan fingerprint density at radius 3 is 3.08 bits per heavy atom. The number of hydrogen-bond donors (Lipinski definition) is 2. The van der Waals surface area contributed by atoms with E-state index < -0.39 is 0 Å². The van der Waals surface area contributed by atoms with Gasteiger partial charge in [-0.05, 0) is 50.6 Å². The third kappa shape index (κ3) is 4.17. The van der Waals surface area contributed by atoms with E-state index in [1.54, 1.807) is 11.3 Å². The fourth-order valence-electron chi connectivity index (χ4n) is 2.97. The molecule has 2 heterocycles. The Balaban J connectivity index is 1.63. The van der Waals surface area contributed by atoms with Gasteiger partial charge in [-0.25, -0.2) is 4.99 Å². The molecule has 2 aromatic rings. The van der Waals surface area contributed by atoms with Crippen molar-refractivity contribution in [1.82, 2.24) is 20.4 Å². The SMILES string of the molecule is CCNC(=NCc1cccs1)NC1CCc2cn(C(C)C)nc2C1. The van der Waals surface area contributed by atoms with Crippen molar-refractivity contribution in [3.63, 3.8) is 0 Å². The lowest BCUT2D eigenvalue weighted by molar-refractivity contribution is 0.499. The molecule has 0 radical (unpaired) electrons. The minimum absolute atomic E-state index is 0.397. The maximum absolute atomic E-state index is 4.76. The Labute approximate surface area is 148 Å². The van der Waals surface area contributed by atoms with Gasteiger partial charge >= 0.3 is 0 Å². The van der Waals surface area contributed by atoms with Crippen LogP contribution in [-0.2, 0) is 19.4 Å². The summed E-state index contributed by atoms with van der Waals surface area (Å²) in [5.41, 5.74) is 2.64. The van der Waals surface area contributed by atoms with Crippen LogP contribution in [0.3, 0.4) is 0 Å². The van der Waals surface area contributed by atoms with Crippen LogP contribution in [0.4, 0.5) is 0 Å². The van der Waals surface area contributed by atoms with Gasteiger partial charge in [-0.1, -0.05) is 6.07 Å². The summed E-state index contributed by atoms with van der Waals surface area (Å²) in [5.74, 6) is 0.905. The quantitative estimate of drug-likeness (QED) is 0.646. The Morgan fingerprint density at radius 1 is 1.50 bits per heavy atom. The molecule has 130 valence electrons. The largest absolute Gasteiger partial charge is 0.357 e. The van der Waals surface area contributed by atoms with E-state index in [1.165, 1.54) is 16.1 Å². The van der Waals surface area contributed by atoms with Gasteiger partial charge in [-0.3, -0.25) is 4.68 Å². The first-order valence-electron chi connectivity index (χ1n) is 8.79. The summed E-state index contributed by atoms with van der Waals surface area (Å²) < 4.78 is 2.09. The predicted molar refractivity (Wildman–Crippen MR) is 101 cm³/mol. The van der Waals surface area contributed by atoms with Crippen LogP contribution in [0.5, 0.6) is 0 Å². The van der Waals surface area contributed by atoms with Gasteiger partial charge in [0.15, 0.2) is 5.96 Å². The van der Waals surface area contributed by atoms with Crippen molar-refractivity contribution in [2.24, 2.45) is 4.99 Å². The number of fused-ring (bicyclic) bond motifs is 1. The second-order valence-corrected chi connectivity index (χ2v) is 7.57. The van der Waals surface area contributed by atoms with Crippen LogP contribution in [0, 0.1) is 0 Å². The molecule has 1 atom stereocenters. The highest BCUT2D eigenvalue weighted by Gasteiger charge is 2.22. The molecule has 24 heavy (non-hydrogen) atoms. The number of rotatable bonds is 5. The molecular formula is C18H27N5S. The minimum atomic E-state index is 0.397. The van der Waals surface area contributed by atoms with Crippen molar-refractivity contribution < 1.29 is 0 Å². The van der Waals surface area contributed by atoms with Crippen LogP contribution < -0.4 is 10.6 Å². The lowest BCUT2D eigenvalue weighted by Crippen LogP contribution is -2.45. The molecule has 0 bridgehead atoms. The normalized spacial score (nSPS) is 17.8. The van der Waals surface area contributed by atoms with Gasteiger partial charge in [0.2, 0.25) is 0 Å². The van der Waals surface area contributed by atoms with Gasteiger partial charge in [0.05, 0.1) is 12.2 Å². The van der Waals surface area contributed by atoms with E-state index in [-0.39, 0.29) is 0 Å². The molecule has 0 fully saturated rings. The molecule has 5 nitrogen and oxygen atoms in total. The number of nitrogens with zero attached hydrogens (tertiary/aromatic N) is 3. The van der Waals surface area contributed by atoms with Crippen molar-refractivity contribution in [2.45, 2.75) is 58.7 Å². The average molecular weight is 346 g/mol. The molecular weight excluding hydrogens is 318 g/mol. The minimum Gasteiger partial charge on any atom is -0.357 e. The molecule has 1 unspecified atom stereocenters. The van der Waals surface area contributed by atoms with E-state index in [2.05, 4.69) is 59.8 Å². The summed E-state index contributed by atoms with van der Waals surface area (Å²) in [7, 11) is 0. The van der Waals surface area contributed by atoms with Gasteiger partial charge in [0.1, 0.15) is 0 Å².